The molecule has 5 fully saturated rings. The molecule has 15 rings (SSSR count). The Hall–Kier alpha value is -10.9. The number of benzene rings is 10. The number of carbonyl (C=O) groups excluding carboxylic acids is 10. The smallest absolute Gasteiger partial charge is 0.299 e. The van der Waals surface area contributed by atoms with E-state index in [0.29, 0.717) is 78.1 Å². The highest BCUT2D eigenvalue weighted by Crippen LogP contribution is 2.43. The molecule has 0 aromatic heterocycles. The number of halogens is 8. The largest absolute Gasteiger partial charge is 0.417 e. The highest BCUT2D eigenvalue weighted by molar-refractivity contribution is 6.33. The Balaban J connectivity index is 0.000000141. The van der Waals surface area contributed by atoms with Crippen LogP contribution in [0.1, 0.15) is 187 Å². The first kappa shape index (κ1) is 84.0. The number of carbonyl (C=O) groups is 10. The van der Waals surface area contributed by atoms with Crippen molar-refractivity contribution in [3.63, 3.8) is 0 Å². The predicted molar refractivity (Wildman–Crippen MR) is 431 cm³/mol. The lowest BCUT2D eigenvalue weighted by molar-refractivity contribution is -0.138. The molecule has 10 nitrogen and oxygen atoms in total. The van der Waals surface area contributed by atoms with Crippen molar-refractivity contribution in [2.45, 2.75) is 166 Å². The fourth-order valence-corrected chi connectivity index (χ4v) is 16.3. The summed E-state index contributed by atoms with van der Waals surface area (Å²) < 4.78 is 78.7. The first-order valence-corrected chi connectivity index (χ1v) is 38.6. The van der Waals surface area contributed by atoms with E-state index in [1.54, 1.807) is 37.3 Å². The fourth-order valence-electron chi connectivity index (χ4n) is 15.8. The highest BCUT2D eigenvalue weighted by atomic mass is 35.5. The predicted octanol–water partition coefficient (Wildman–Crippen LogP) is 23.4. The summed E-state index contributed by atoms with van der Waals surface area (Å²) in [5.41, 5.74) is 15.3. The standard InChI is InChI=1S/2C20H17F3O2.C19H17ClO2.C19H18O2.C18H15ClO2/c1-12-5-14(13-3-2-4-17(8-13)20(21,22)23)7-15(6-12)16-9-18(24)11-19(25)10-16;1-12-6-13(14-9-16(24)11-17(25)10-14)8-15(7-12)18-4-2-3-5-19(18)20(21,22)23;1-12-6-13(14-9-16(21)11-17(22)10-14)8-15(7-12)18-4-2-3-5-19(18)20;1-13-7-15(14-5-3-2-4-6-14)9-16(8-13)17-10-18(20)12-19(21)11-17;19-18-7-2-1-6-17(18)13-5-3-4-12(8-13)14-9-15(20)11-16(21)10-14/h2-8,16H,9-11H2,1H3;2-8,14H,9-11H2,1H3;2-8,14H,9-11H2,1H3;2-9,17H,10-12H2,1H3;1-8,14H,9-11H2. The Bertz CT molecular complexity index is 5270. The van der Waals surface area contributed by atoms with Gasteiger partial charge in [-0.15, -0.1) is 0 Å². The summed E-state index contributed by atoms with van der Waals surface area (Å²) in [5.74, 6) is -0.492. The minimum Gasteiger partial charge on any atom is -0.299 e. The summed E-state index contributed by atoms with van der Waals surface area (Å²) in [6.07, 6.45) is -4.65. The van der Waals surface area contributed by atoms with Crippen molar-refractivity contribution in [1.29, 1.82) is 0 Å². The zero-order valence-corrected chi connectivity index (χ0v) is 65.0. The van der Waals surface area contributed by atoms with E-state index in [1.807, 2.05) is 123 Å². The van der Waals surface area contributed by atoms with Crippen LogP contribution in [0.3, 0.4) is 0 Å². The van der Waals surface area contributed by atoms with E-state index in [1.165, 1.54) is 18.2 Å². The minimum absolute atomic E-state index is 0.00110. The molecule has 10 aromatic rings. The van der Waals surface area contributed by atoms with Crippen LogP contribution >= 0.6 is 23.2 Å². The molecule has 0 atom stereocenters. The molecule has 5 saturated carbocycles. The van der Waals surface area contributed by atoms with E-state index in [9.17, 15) is 74.3 Å². The van der Waals surface area contributed by atoms with E-state index in [4.69, 9.17) is 23.2 Å². The van der Waals surface area contributed by atoms with Gasteiger partial charge in [-0.25, -0.2) is 0 Å². The fraction of sp³-hybridized carbons (Fsp3) is 0.271. The molecule has 18 heteroatoms. The Labute approximate surface area is 668 Å². The van der Waals surface area contributed by atoms with Crippen LogP contribution in [-0.2, 0) is 60.3 Å². The monoisotopic (exact) mass is 1580 g/mol. The van der Waals surface area contributed by atoms with Gasteiger partial charge in [-0.1, -0.05) is 240 Å². The molecule has 0 aliphatic heterocycles. The van der Waals surface area contributed by atoms with Crippen LogP contribution in [0.25, 0.3) is 55.6 Å². The van der Waals surface area contributed by atoms with Gasteiger partial charge >= 0.3 is 12.4 Å². The van der Waals surface area contributed by atoms with Gasteiger partial charge in [0.15, 0.2) is 0 Å². The lowest BCUT2D eigenvalue weighted by atomic mass is 9.81. The molecule has 0 saturated heterocycles. The topological polar surface area (TPSA) is 171 Å². The lowest BCUT2D eigenvalue weighted by Crippen LogP contribution is -2.21. The molecule has 0 unspecified atom stereocenters. The zero-order chi connectivity index (χ0) is 81.7. The van der Waals surface area contributed by atoms with Crippen molar-refractivity contribution in [3.8, 4) is 55.6 Å². The molecule has 0 radical (unpaired) electrons. The Morgan fingerprint density at radius 1 is 0.246 bits per heavy atom. The SMILES string of the molecule is Cc1cc(-c2cccc(C(F)(F)F)c2)cc(C2CC(=O)CC(=O)C2)c1.Cc1cc(-c2ccccc2)cc(C2CC(=O)CC(=O)C2)c1.Cc1cc(-c2ccccc2C(F)(F)F)cc(C2CC(=O)CC(=O)C2)c1.Cc1cc(-c2ccccc2Cl)cc(C2CC(=O)CC(=O)C2)c1.O=C1CC(=O)CC(c2cccc(-c3ccccc3Cl)c2)C1. The van der Waals surface area contributed by atoms with Gasteiger partial charge in [-0.05, 0) is 160 Å². The second kappa shape index (κ2) is 37.3. The average molecular weight is 1580 g/mol. The molecular formula is C96H84Cl2F6O10. The molecule has 114 heavy (non-hydrogen) atoms. The maximum atomic E-state index is 13.3. The molecule has 0 spiro atoms. The van der Waals surface area contributed by atoms with Crippen molar-refractivity contribution in [1.82, 2.24) is 0 Å². The number of aryl methyl sites for hydroxylation is 4. The van der Waals surface area contributed by atoms with E-state index in [2.05, 4.69) is 55.5 Å². The first-order chi connectivity index (χ1) is 54.2. The summed E-state index contributed by atoms with van der Waals surface area (Å²) in [7, 11) is 0. The van der Waals surface area contributed by atoms with Gasteiger partial charge < -0.3 is 0 Å². The molecular weight excluding hydrogens is 1500 g/mol. The van der Waals surface area contributed by atoms with Crippen LogP contribution in [0.15, 0.2) is 224 Å². The molecule has 0 amide bonds. The third-order valence-corrected chi connectivity index (χ3v) is 21.6. The third kappa shape index (κ3) is 22.9. The maximum Gasteiger partial charge on any atom is 0.417 e. The van der Waals surface area contributed by atoms with Crippen LogP contribution in [0.2, 0.25) is 10.0 Å². The zero-order valence-electron chi connectivity index (χ0n) is 63.5. The van der Waals surface area contributed by atoms with Gasteiger partial charge in [0.2, 0.25) is 0 Å². The Morgan fingerprint density at radius 2 is 0.526 bits per heavy atom. The molecule has 584 valence electrons. The third-order valence-electron chi connectivity index (χ3n) is 20.9. The Morgan fingerprint density at radius 3 is 0.904 bits per heavy atom. The molecule has 5 aliphatic carbocycles. The van der Waals surface area contributed by atoms with Crippen LogP contribution in [0.5, 0.6) is 0 Å². The van der Waals surface area contributed by atoms with E-state index >= 15 is 0 Å². The van der Waals surface area contributed by atoms with Gasteiger partial charge in [0.25, 0.3) is 0 Å². The van der Waals surface area contributed by atoms with Gasteiger partial charge in [0, 0.05) is 85.4 Å². The molecule has 0 N–H and O–H groups in total. The summed E-state index contributed by atoms with van der Waals surface area (Å²) in [4.78, 5) is 117. The number of hydrogen-bond acceptors (Lipinski definition) is 10. The second-order valence-corrected chi connectivity index (χ2v) is 31.2. The highest BCUT2D eigenvalue weighted by Gasteiger charge is 2.36. The van der Waals surface area contributed by atoms with Crippen LogP contribution in [-0.4, -0.2) is 57.8 Å². The van der Waals surface area contributed by atoms with Gasteiger partial charge in [-0.3, -0.25) is 47.9 Å². The van der Waals surface area contributed by atoms with E-state index in [0.717, 1.165) is 102 Å². The van der Waals surface area contributed by atoms with E-state index < -0.39 is 23.5 Å². The molecule has 5 aliphatic rings. The minimum atomic E-state index is -4.45. The van der Waals surface area contributed by atoms with Gasteiger partial charge in [0.1, 0.15) is 57.8 Å². The van der Waals surface area contributed by atoms with Gasteiger partial charge in [0.05, 0.1) is 43.2 Å². The molecule has 0 heterocycles. The summed E-state index contributed by atoms with van der Waals surface area (Å²) in [6, 6.07) is 67.4. The number of hydrogen-bond donors (Lipinski definition) is 0. The van der Waals surface area contributed by atoms with Crippen molar-refractivity contribution in [2.75, 3.05) is 0 Å². The average Bonchev–Trinajstić information content (AvgIpc) is 0.762. The quantitative estimate of drug-likeness (QED) is 0.0948. The van der Waals surface area contributed by atoms with Crippen LogP contribution in [0, 0.1) is 27.7 Å². The number of rotatable bonds is 10. The normalized spacial score (nSPS) is 16.2. The number of ketones is 10. The van der Waals surface area contributed by atoms with Crippen molar-refractivity contribution in [3.05, 3.63) is 296 Å². The molecule has 0 bridgehead atoms. The summed E-state index contributed by atoms with van der Waals surface area (Å²) >= 11 is 12.5. The van der Waals surface area contributed by atoms with Crippen molar-refractivity contribution < 1.29 is 74.3 Å². The maximum absolute atomic E-state index is 13.3. The summed E-state index contributed by atoms with van der Waals surface area (Å²) in [5, 5.41) is 1.40. The Kier molecular flexibility index (Phi) is 27.5. The summed E-state index contributed by atoms with van der Waals surface area (Å²) in [6.45, 7) is 7.74. The second-order valence-electron chi connectivity index (χ2n) is 30.4. The van der Waals surface area contributed by atoms with Crippen molar-refractivity contribution >= 4 is 81.0 Å². The van der Waals surface area contributed by atoms with E-state index in [-0.39, 0.29) is 138 Å². The first-order valence-electron chi connectivity index (χ1n) is 37.9. The lowest BCUT2D eigenvalue weighted by Gasteiger charge is -2.22. The molecule has 10 aromatic carbocycles. The van der Waals surface area contributed by atoms with Crippen LogP contribution < -0.4 is 0 Å². The van der Waals surface area contributed by atoms with Gasteiger partial charge in [-0.2, -0.15) is 26.3 Å². The van der Waals surface area contributed by atoms with Crippen LogP contribution in [0.4, 0.5) is 26.3 Å². The number of alkyl halides is 6. The van der Waals surface area contributed by atoms with Crippen molar-refractivity contribution in [2.24, 2.45) is 0 Å². The number of Topliss-reactive ketones (excluding diaryl/α,β-unsaturated/α-hetero) is 10.